The molecule has 94 valence electrons. The van der Waals surface area contributed by atoms with Crippen molar-refractivity contribution in [1.82, 2.24) is 5.32 Å². The van der Waals surface area contributed by atoms with Crippen molar-refractivity contribution in [2.75, 3.05) is 0 Å². The van der Waals surface area contributed by atoms with E-state index in [1.54, 1.807) is 6.07 Å². The van der Waals surface area contributed by atoms with Gasteiger partial charge in [0, 0.05) is 11.1 Å². The van der Waals surface area contributed by atoms with Gasteiger partial charge >= 0.3 is 0 Å². The molecule has 0 saturated carbocycles. The van der Waals surface area contributed by atoms with E-state index in [1.807, 2.05) is 26.0 Å². The molecule has 3 nitrogen and oxygen atoms in total. The molecule has 0 radical (unpaired) electrons. The third-order valence-corrected chi connectivity index (χ3v) is 3.28. The first-order chi connectivity index (χ1) is 7.95. The van der Waals surface area contributed by atoms with E-state index >= 15 is 0 Å². The molecule has 0 aliphatic carbocycles. The third kappa shape index (κ3) is 3.72. The second kappa shape index (κ2) is 6.03. The van der Waals surface area contributed by atoms with Crippen LogP contribution in [0.5, 0.6) is 0 Å². The molecule has 0 aliphatic rings. The molecule has 0 spiro atoms. The van der Waals surface area contributed by atoms with Gasteiger partial charge in [0.25, 0.3) is 0 Å². The van der Waals surface area contributed by atoms with Gasteiger partial charge in [0.2, 0.25) is 5.91 Å². The highest BCUT2D eigenvalue weighted by atomic mass is 35.5. The minimum atomic E-state index is -0.483. The van der Waals surface area contributed by atoms with Crippen molar-refractivity contribution in [3.05, 3.63) is 34.3 Å². The maximum absolute atomic E-state index is 11.5. The number of nitrogens with one attached hydrogen (secondary N) is 1. The molecule has 3 N–H and O–H groups in total. The van der Waals surface area contributed by atoms with Gasteiger partial charge in [-0.2, -0.15) is 0 Å². The molecule has 0 bridgehead atoms. The van der Waals surface area contributed by atoms with Gasteiger partial charge in [0.1, 0.15) is 6.04 Å². The van der Waals surface area contributed by atoms with Crippen molar-refractivity contribution in [3.8, 4) is 0 Å². The Kier molecular flexibility index (Phi) is 4.97. The van der Waals surface area contributed by atoms with Crippen LogP contribution in [0.15, 0.2) is 18.2 Å². The number of aryl methyl sites for hydroxylation is 1. The van der Waals surface area contributed by atoms with E-state index in [9.17, 15) is 4.79 Å². The van der Waals surface area contributed by atoms with Gasteiger partial charge in [-0.3, -0.25) is 10.1 Å². The lowest BCUT2D eigenvalue weighted by Crippen LogP contribution is -2.38. The van der Waals surface area contributed by atoms with Crippen LogP contribution in [-0.2, 0) is 4.79 Å². The highest BCUT2D eigenvalue weighted by molar-refractivity contribution is 6.31. The van der Waals surface area contributed by atoms with Crippen LogP contribution >= 0.6 is 11.6 Å². The van der Waals surface area contributed by atoms with Gasteiger partial charge in [0.15, 0.2) is 0 Å². The molecular weight excluding hydrogens is 236 g/mol. The summed E-state index contributed by atoms with van der Waals surface area (Å²) in [5.41, 5.74) is 7.22. The van der Waals surface area contributed by atoms with Crippen LogP contribution in [0.4, 0.5) is 0 Å². The van der Waals surface area contributed by atoms with E-state index in [2.05, 4.69) is 12.2 Å². The lowest BCUT2D eigenvalue weighted by Gasteiger charge is -2.20. The van der Waals surface area contributed by atoms with Crippen molar-refractivity contribution in [2.24, 2.45) is 5.73 Å². The van der Waals surface area contributed by atoms with Gasteiger partial charge in [0.05, 0.1) is 0 Å². The van der Waals surface area contributed by atoms with E-state index in [4.69, 9.17) is 17.3 Å². The van der Waals surface area contributed by atoms with Crippen LogP contribution in [0.2, 0.25) is 5.02 Å². The molecule has 2 unspecified atom stereocenters. The number of carbonyl (C=O) groups excluding carboxylic acids is 1. The predicted molar refractivity (Wildman–Crippen MR) is 71.0 cm³/mol. The Hall–Kier alpha value is -1.06. The number of primary amides is 1. The predicted octanol–water partition coefficient (Wildman–Crippen LogP) is 2.56. The minimum absolute atomic E-state index is 0.229. The fourth-order valence-electron chi connectivity index (χ4n) is 1.53. The summed E-state index contributed by atoms with van der Waals surface area (Å²) in [6.45, 7) is 6.00. The van der Waals surface area contributed by atoms with Crippen LogP contribution < -0.4 is 11.1 Å². The summed E-state index contributed by atoms with van der Waals surface area (Å²) < 4.78 is 0. The zero-order valence-electron chi connectivity index (χ0n) is 10.5. The van der Waals surface area contributed by atoms with E-state index < -0.39 is 6.04 Å². The number of rotatable bonds is 5. The summed E-state index contributed by atoms with van der Waals surface area (Å²) in [6, 6.07) is 5.32. The molecular formula is C13H19ClN2O. The highest BCUT2D eigenvalue weighted by Gasteiger charge is 2.19. The molecule has 0 fully saturated rings. The zero-order chi connectivity index (χ0) is 13.0. The average molecular weight is 255 g/mol. The van der Waals surface area contributed by atoms with Gasteiger partial charge in [-0.15, -0.1) is 0 Å². The standard InChI is InChI=1S/C13H19ClN2O/c1-4-9(3)16-12(13(15)17)10-6-5-8(2)11(14)7-10/h5-7,9,12,16H,4H2,1-3H3,(H2,15,17). The topological polar surface area (TPSA) is 55.1 Å². The molecule has 0 heterocycles. The number of hydrogen-bond acceptors (Lipinski definition) is 2. The maximum atomic E-state index is 11.5. The van der Waals surface area contributed by atoms with E-state index in [-0.39, 0.29) is 11.9 Å². The van der Waals surface area contributed by atoms with Gasteiger partial charge in [-0.05, 0) is 37.5 Å². The largest absolute Gasteiger partial charge is 0.368 e. The normalized spacial score (nSPS) is 14.4. The van der Waals surface area contributed by atoms with Crippen LogP contribution in [0.3, 0.4) is 0 Å². The Labute approximate surface area is 107 Å². The van der Waals surface area contributed by atoms with Crippen LogP contribution in [0, 0.1) is 6.92 Å². The molecule has 0 saturated heterocycles. The third-order valence-electron chi connectivity index (χ3n) is 2.88. The summed E-state index contributed by atoms with van der Waals surface area (Å²) >= 11 is 6.05. The lowest BCUT2D eigenvalue weighted by molar-refractivity contribution is -0.120. The van der Waals surface area contributed by atoms with E-state index in [0.29, 0.717) is 5.02 Å². The first-order valence-corrected chi connectivity index (χ1v) is 6.15. The number of carbonyl (C=O) groups is 1. The molecule has 1 aromatic rings. The van der Waals surface area contributed by atoms with E-state index in [1.165, 1.54) is 0 Å². The Morgan fingerprint density at radius 1 is 1.53 bits per heavy atom. The molecule has 2 atom stereocenters. The van der Waals surface area contributed by atoms with Crippen LogP contribution in [0.1, 0.15) is 37.4 Å². The Morgan fingerprint density at radius 3 is 2.65 bits per heavy atom. The van der Waals surface area contributed by atoms with Crippen molar-refractivity contribution >= 4 is 17.5 Å². The summed E-state index contributed by atoms with van der Waals surface area (Å²) in [6.07, 6.45) is 0.934. The Balaban J connectivity index is 2.97. The van der Waals surface area contributed by atoms with Crippen molar-refractivity contribution < 1.29 is 4.79 Å². The summed E-state index contributed by atoms with van der Waals surface area (Å²) in [5.74, 6) is -0.384. The zero-order valence-corrected chi connectivity index (χ0v) is 11.2. The molecule has 1 aromatic carbocycles. The second-order valence-corrected chi connectivity index (χ2v) is 4.73. The molecule has 1 amide bonds. The Morgan fingerprint density at radius 2 is 2.18 bits per heavy atom. The highest BCUT2D eigenvalue weighted by Crippen LogP contribution is 2.21. The number of benzene rings is 1. The number of hydrogen-bond donors (Lipinski definition) is 2. The fraction of sp³-hybridized carbons (Fsp3) is 0.462. The summed E-state index contributed by atoms with van der Waals surface area (Å²) in [7, 11) is 0. The van der Waals surface area contributed by atoms with Crippen LogP contribution in [0.25, 0.3) is 0 Å². The monoisotopic (exact) mass is 254 g/mol. The van der Waals surface area contributed by atoms with Gasteiger partial charge in [-0.1, -0.05) is 30.7 Å². The van der Waals surface area contributed by atoms with Gasteiger partial charge in [-0.25, -0.2) is 0 Å². The fourth-order valence-corrected chi connectivity index (χ4v) is 1.72. The molecule has 0 aliphatic heterocycles. The second-order valence-electron chi connectivity index (χ2n) is 4.32. The number of halogens is 1. The maximum Gasteiger partial charge on any atom is 0.239 e. The molecule has 17 heavy (non-hydrogen) atoms. The SMILES string of the molecule is CCC(C)NC(C(N)=O)c1ccc(C)c(Cl)c1. The number of amides is 1. The first kappa shape index (κ1) is 14.0. The van der Waals surface area contributed by atoms with Crippen LogP contribution in [-0.4, -0.2) is 11.9 Å². The average Bonchev–Trinajstić information content (AvgIpc) is 2.29. The van der Waals surface area contributed by atoms with Gasteiger partial charge < -0.3 is 5.73 Å². The van der Waals surface area contributed by atoms with Crippen molar-refractivity contribution in [3.63, 3.8) is 0 Å². The summed E-state index contributed by atoms with van der Waals surface area (Å²) in [5, 5.41) is 3.85. The Bertz CT molecular complexity index is 406. The smallest absolute Gasteiger partial charge is 0.239 e. The minimum Gasteiger partial charge on any atom is -0.368 e. The van der Waals surface area contributed by atoms with E-state index in [0.717, 1.165) is 17.5 Å². The molecule has 4 heteroatoms. The van der Waals surface area contributed by atoms with Crippen molar-refractivity contribution in [2.45, 2.75) is 39.3 Å². The molecule has 1 rings (SSSR count). The van der Waals surface area contributed by atoms with Crippen molar-refractivity contribution in [1.29, 1.82) is 0 Å². The first-order valence-electron chi connectivity index (χ1n) is 5.77. The number of nitrogens with two attached hydrogens (primary N) is 1. The quantitative estimate of drug-likeness (QED) is 0.849. The summed E-state index contributed by atoms with van der Waals surface area (Å²) in [4.78, 5) is 11.5. The lowest BCUT2D eigenvalue weighted by atomic mass is 10.0. The molecule has 0 aromatic heterocycles.